The van der Waals surface area contributed by atoms with Gasteiger partial charge in [0.25, 0.3) is 5.91 Å². The molecule has 2 N–H and O–H groups in total. The largest absolute Gasteiger partial charge is 0.494 e. The van der Waals surface area contributed by atoms with Crippen LogP contribution in [0.1, 0.15) is 33.6 Å². The topological polar surface area (TPSA) is 106 Å². The van der Waals surface area contributed by atoms with Crippen molar-refractivity contribution in [2.24, 2.45) is 5.92 Å². The maximum absolute atomic E-state index is 13.6. The molecular weight excluding hydrogens is 436 g/mol. The minimum absolute atomic E-state index is 0.192. The highest BCUT2D eigenvalue weighted by Crippen LogP contribution is 2.35. The number of aryl methyl sites for hydroxylation is 1. The van der Waals surface area contributed by atoms with E-state index in [0.717, 1.165) is 48.3 Å². The molecule has 9 nitrogen and oxygen atoms in total. The lowest BCUT2D eigenvalue weighted by atomic mass is 10.1. The van der Waals surface area contributed by atoms with Crippen LogP contribution in [0, 0.1) is 12.8 Å². The SMILES string of the molecule is COc1cc(NC(=O)c2cc3c(nc2N2CC4CCOC4C2)COC3)cc2c(C)cc(=O)[nH]c12. The van der Waals surface area contributed by atoms with Crippen LogP contribution in [-0.4, -0.2) is 48.8 Å². The van der Waals surface area contributed by atoms with E-state index in [1.165, 1.54) is 13.2 Å². The summed E-state index contributed by atoms with van der Waals surface area (Å²) in [6.07, 6.45) is 1.23. The Bertz CT molecular complexity index is 1360. The van der Waals surface area contributed by atoms with Crippen molar-refractivity contribution in [2.75, 3.05) is 37.0 Å². The Labute approximate surface area is 196 Å². The predicted molar refractivity (Wildman–Crippen MR) is 127 cm³/mol. The zero-order chi connectivity index (χ0) is 23.4. The Morgan fingerprint density at radius 2 is 2.12 bits per heavy atom. The van der Waals surface area contributed by atoms with Crippen LogP contribution in [0.5, 0.6) is 5.75 Å². The van der Waals surface area contributed by atoms with Crippen molar-refractivity contribution >= 4 is 28.3 Å². The van der Waals surface area contributed by atoms with Crippen LogP contribution in [-0.2, 0) is 22.7 Å². The van der Waals surface area contributed by atoms with E-state index in [2.05, 4.69) is 15.2 Å². The van der Waals surface area contributed by atoms with Gasteiger partial charge in [-0.25, -0.2) is 4.98 Å². The lowest BCUT2D eigenvalue weighted by Gasteiger charge is -2.22. The van der Waals surface area contributed by atoms with E-state index in [1.807, 2.05) is 19.1 Å². The molecule has 0 spiro atoms. The van der Waals surface area contributed by atoms with Gasteiger partial charge in [-0.15, -0.1) is 0 Å². The molecule has 0 radical (unpaired) electrons. The number of aromatic amines is 1. The zero-order valence-electron chi connectivity index (χ0n) is 19.1. The minimum atomic E-state index is -0.251. The zero-order valence-corrected chi connectivity index (χ0v) is 19.1. The summed E-state index contributed by atoms with van der Waals surface area (Å²) in [5.41, 5.74) is 4.12. The molecule has 1 amide bonds. The highest BCUT2D eigenvalue weighted by molar-refractivity contribution is 6.09. The van der Waals surface area contributed by atoms with Crippen molar-refractivity contribution in [2.45, 2.75) is 32.7 Å². The molecule has 3 aliphatic rings. The minimum Gasteiger partial charge on any atom is -0.494 e. The number of methoxy groups -OCH3 is 1. The first-order valence-electron chi connectivity index (χ1n) is 11.5. The average Bonchev–Trinajstić information content (AvgIpc) is 3.54. The Morgan fingerprint density at radius 3 is 2.94 bits per heavy atom. The fourth-order valence-electron chi connectivity index (χ4n) is 5.27. The molecule has 5 heterocycles. The second-order valence-electron chi connectivity index (χ2n) is 9.19. The van der Waals surface area contributed by atoms with Gasteiger partial charge < -0.3 is 29.4 Å². The van der Waals surface area contributed by atoms with Gasteiger partial charge in [0.1, 0.15) is 11.6 Å². The second kappa shape index (κ2) is 8.11. The number of fused-ring (bicyclic) bond motifs is 3. The Hall–Kier alpha value is -3.43. The smallest absolute Gasteiger partial charge is 0.259 e. The third kappa shape index (κ3) is 3.52. The molecule has 3 aliphatic heterocycles. The number of ether oxygens (including phenoxy) is 3. The summed E-state index contributed by atoms with van der Waals surface area (Å²) in [4.78, 5) is 35.3. The molecule has 0 aliphatic carbocycles. The van der Waals surface area contributed by atoms with Crippen LogP contribution in [0.3, 0.4) is 0 Å². The number of amides is 1. The van der Waals surface area contributed by atoms with E-state index in [4.69, 9.17) is 19.2 Å². The Balaban J connectivity index is 1.37. The fraction of sp³-hybridized carbons (Fsp3) is 0.400. The lowest BCUT2D eigenvalue weighted by molar-refractivity contribution is 0.102. The summed E-state index contributed by atoms with van der Waals surface area (Å²) in [5.74, 6) is 1.38. The van der Waals surface area contributed by atoms with E-state index in [0.29, 0.717) is 47.5 Å². The fourth-order valence-corrected chi connectivity index (χ4v) is 5.27. The van der Waals surface area contributed by atoms with Crippen LogP contribution in [0.4, 0.5) is 11.5 Å². The number of hydrogen-bond acceptors (Lipinski definition) is 7. The lowest BCUT2D eigenvalue weighted by Crippen LogP contribution is -2.27. The van der Waals surface area contributed by atoms with Crippen LogP contribution in [0.2, 0.25) is 0 Å². The van der Waals surface area contributed by atoms with Crippen LogP contribution >= 0.6 is 0 Å². The molecular formula is C25H26N4O5. The van der Waals surface area contributed by atoms with E-state index < -0.39 is 0 Å². The molecule has 2 aromatic heterocycles. The number of nitrogens with one attached hydrogen (secondary N) is 2. The highest BCUT2D eigenvalue weighted by Gasteiger charge is 2.39. The summed E-state index contributed by atoms with van der Waals surface area (Å²) in [6, 6.07) is 6.99. The summed E-state index contributed by atoms with van der Waals surface area (Å²) < 4.78 is 16.9. The van der Waals surface area contributed by atoms with Crippen LogP contribution < -0.4 is 20.5 Å². The van der Waals surface area contributed by atoms with Crippen molar-refractivity contribution in [3.63, 3.8) is 0 Å². The van der Waals surface area contributed by atoms with Gasteiger partial charge in [0.15, 0.2) is 0 Å². The molecule has 2 atom stereocenters. The number of rotatable bonds is 4. The molecule has 1 aromatic carbocycles. The second-order valence-corrected chi connectivity index (χ2v) is 9.19. The van der Waals surface area contributed by atoms with Crippen LogP contribution in [0.25, 0.3) is 10.9 Å². The maximum atomic E-state index is 13.6. The van der Waals surface area contributed by atoms with E-state index >= 15 is 0 Å². The molecule has 2 unspecified atom stereocenters. The number of hydrogen-bond donors (Lipinski definition) is 2. The van der Waals surface area contributed by atoms with Crippen molar-refractivity contribution in [3.05, 3.63) is 57.0 Å². The molecule has 9 heteroatoms. The first-order chi connectivity index (χ1) is 16.5. The predicted octanol–water partition coefficient (Wildman–Crippen LogP) is 2.75. The number of nitrogens with zero attached hydrogens (tertiary/aromatic N) is 2. The number of anilines is 2. The van der Waals surface area contributed by atoms with Gasteiger partial charge in [0.2, 0.25) is 5.56 Å². The monoisotopic (exact) mass is 462 g/mol. The van der Waals surface area contributed by atoms with Crippen molar-refractivity contribution in [1.82, 2.24) is 9.97 Å². The molecule has 2 fully saturated rings. The normalized spacial score (nSPS) is 21.1. The third-order valence-electron chi connectivity index (χ3n) is 7.01. The van der Waals surface area contributed by atoms with Gasteiger partial charge in [-0.1, -0.05) is 0 Å². The molecule has 6 rings (SSSR count). The first kappa shape index (κ1) is 21.1. The number of aromatic nitrogens is 2. The van der Waals surface area contributed by atoms with E-state index in [9.17, 15) is 9.59 Å². The van der Waals surface area contributed by atoms with Gasteiger partial charge in [-0.2, -0.15) is 0 Å². The summed E-state index contributed by atoms with van der Waals surface area (Å²) in [6.45, 7) is 5.13. The summed E-state index contributed by atoms with van der Waals surface area (Å²) in [5, 5.41) is 3.83. The van der Waals surface area contributed by atoms with Gasteiger partial charge in [-0.3, -0.25) is 9.59 Å². The molecule has 0 saturated carbocycles. The summed E-state index contributed by atoms with van der Waals surface area (Å²) >= 11 is 0. The van der Waals surface area contributed by atoms with Crippen molar-refractivity contribution < 1.29 is 19.0 Å². The molecule has 3 aromatic rings. The average molecular weight is 463 g/mol. The molecule has 176 valence electrons. The standard InChI is InChI=1S/C25H26N4O5/c1-13-5-22(30)28-23-17(13)7-16(8-20(23)32-2)26-25(31)18-6-15-11-33-12-19(15)27-24(18)29-9-14-3-4-34-21(14)10-29/h5-8,14,21H,3-4,9-12H2,1-2H3,(H,26,31)(H,28,30). The van der Waals surface area contributed by atoms with Gasteiger partial charge in [0.05, 0.1) is 43.2 Å². The first-order valence-corrected chi connectivity index (χ1v) is 11.5. The highest BCUT2D eigenvalue weighted by atomic mass is 16.5. The number of carbonyl (C=O) groups excluding carboxylic acids is 1. The van der Waals surface area contributed by atoms with Crippen molar-refractivity contribution in [3.8, 4) is 5.75 Å². The molecule has 2 saturated heterocycles. The van der Waals surface area contributed by atoms with Crippen LogP contribution in [0.15, 0.2) is 29.1 Å². The molecule has 34 heavy (non-hydrogen) atoms. The number of carbonyl (C=O) groups is 1. The number of pyridine rings is 2. The maximum Gasteiger partial charge on any atom is 0.259 e. The van der Waals surface area contributed by atoms with Gasteiger partial charge >= 0.3 is 0 Å². The van der Waals surface area contributed by atoms with Crippen molar-refractivity contribution in [1.29, 1.82) is 0 Å². The quantitative estimate of drug-likeness (QED) is 0.614. The number of H-pyrrole nitrogens is 1. The molecule has 0 bridgehead atoms. The van der Waals surface area contributed by atoms with Gasteiger partial charge in [-0.05, 0) is 31.0 Å². The van der Waals surface area contributed by atoms with E-state index in [1.54, 1.807) is 6.07 Å². The Morgan fingerprint density at radius 1 is 1.24 bits per heavy atom. The third-order valence-corrected chi connectivity index (χ3v) is 7.01. The van der Waals surface area contributed by atoms with Gasteiger partial charge in [0, 0.05) is 54.4 Å². The number of benzene rings is 1. The summed E-state index contributed by atoms with van der Waals surface area (Å²) in [7, 11) is 1.54. The van der Waals surface area contributed by atoms with E-state index in [-0.39, 0.29) is 17.6 Å². The Kier molecular flexibility index (Phi) is 5.04.